The quantitative estimate of drug-likeness (QED) is 0.926. The van der Waals surface area contributed by atoms with Gasteiger partial charge in [0.1, 0.15) is 11.3 Å². The Labute approximate surface area is 112 Å². The maximum Gasteiger partial charge on any atom is 0.154 e. The molecule has 0 saturated heterocycles. The van der Waals surface area contributed by atoms with Gasteiger partial charge in [0.05, 0.1) is 0 Å². The van der Waals surface area contributed by atoms with E-state index in [4.69, 9.17) is 11.6 Å². The highest BCUT2D eigenvalue weighted by atomic mass is 79.9. The van der Waals surface area contributed by atoms with Crippen LogP contribution in [0.1, 0.15) is 18.2 Å². The Morgan fingerprint density at radius 1 is 1.35 bits per heavy atom. The Balaban J connectivity index is 2.53. The van der Waals surface area contributed by atoms with E-state index in [1.54, 1.807) is 42.9 Å². The Kier molecular flexibility index (Phi) is 3.25. The van der Waals surface area contributed by atoms with E-state index in [1.807, 2.05) is 0 Å². The minimum atomic E-state index is -1.18. The Morgan fingerprint density at radius 3 is 2.41 bits per heavy atom. The number of rotatable bonds is 2. The molecular weight excluding hydrogens is 305 g/mol. The average Bonchev–Trinajstić information content (AvgIpc) is 2.59. The zero-order chi connectivity index (χ0) is 12.6. The zero-order valence-corrected chi connectivity index (χ0v) is 11.7. The molecule has 90 valence electrons. The molecule has 0 bridgehead atoms. The van der Waals surface area contributed by atoms with Crippen molar-refractivity contribution in [2.45, 2.75) is 12.5 Å². The van der Waals surface area contributed by atoms with E-state index in [9.17, 15) is 5.11 Å². The number of hydrogen-bond donors (Lipinski definition) is 1. The van der Waals surface area contributed by atoms with Crippen LogP contribution >= 0.6 is 27.5 Å². The fraction of sp³-hybridized carbons (Fsp3) is 0.273. The normalized spacial score (nSPS) is 14.6. The van der Waals surface area contributed by atoms with Gasteiger partial charge in [-0.15, -0.1) is 5.10 Å². The maximum absolute atomic E-state index is 10.6. The summed E-state index contributed by atoms with van der Waals surface area (Å²) >= 11 is 9.11. The summed E-state index contributed by atoms with van der Waals surface area (Å²) in [4.78, 5) is 0. The van der Waals surface area contributed by atoms with E-state index in [2.05, 4.69) is 26.2 Å². The van der Waals surface area contributed by atoms with Gasteiger partial charge in [-0.1, -0.05) is 28.9 Å². The lowest BCUT2D eigenvalue weighted by atomic mass is 9.93. The highest BCUT2D eigenvalue weighted by molar-refractivity contribution is 9.10. The summed E-state index contributed by atoms with van der Waals surface area (Å²) in [6, 6.07) is 7.04. The third-order valence-electron chi connectivity index (χ3n) is 2.65. The number of aliphatic hydroxyl groups is 1. The summed E-state index contributed by atoms with van der Waals surface area (Å²) < 4.78 is 2.07. The molecule has 2 rings (SSSR count). The van der Waals surface area contributed by atoms with E-state index in [-0.39, 0.29) is 0 Å². The molecule has 0 saturated carbocycles. The molecule has 0 aliphatic heterocycles. The highest BCUT2D eigenvalue weighted by Crippen LogP contribution is 2.32. The zero-order valence-electron chi connectivity index (χ0n) is 9.35. The van der Waals surface area contributed by atoms with Crippen molar-refractivity contribution >= 4 is 27.5 Å². The van der Waals surface area contributed by atoms with Crippen LogP contribution in [0.3, 0.4) is 0 Å². The monoisotopic (exact) mass is 315 g/mol. The van der Waals surface area contributed by atoms with Crippen molar-refractivity contribution < 1.29 is 5.11 Å². The van der Waals surface area contributed by atoms with Gasteiger partial charge in [0.15, 0.2) is 4.60 Å². The Morgan fingerprint density at radius 2 is 1.94 bits per heavy atom. The standard InChI is InChI=1S/C11H11BrClN3O/c1-11(17,7-3-5-8(13)6-4-7)9-10(12)14-15-16(9)2/h3-6,17H,1-2H3. The second-order valence-electron chi connectivity index (χ2n) is 3.93. The van der Waals surface area contributed by atoms with Crippen LogP contribution in [0.2, 0.25) is 5.02 Å². The van der Waals surface area contributed by atoms with Crippen LogP contribution < -0.4 is 0 Å². The van der Waals surface area contributed by atoms with Gasteiger partial charge in [0.2, 0.25) is 0 Å². The summed E-state index contributed by atoms with van der Waals surface area (Å²) in [6.45, 7) is 1.69. The molecule has 1 unspecified atom stereocenters. The van der Waals surface area contributed by atoms with E-state index in [1.165, 1.54) is 0 Å². The molecule has 6 heteroatoms. The first-order valence-electron chi connectivity index (χ1n) is 4.97. The number of halogens is 2. The van der Waals surface area contributed by atoms with Crippen molar-refractivity contribution in [3.8, 4) is 0 Å². The third-order valence-corrected chi connectivity index (χ3v) is 3.44. The van der Waals surface area contributed by atoms with Crippen molar-refractivity contribution in [1.29, 1.82) is 0 Å². The predicted molar refractivity (Wildman–Crippen MR) is 68.8 cm³/mol. The molecule has 0 radical (unpaired) electrons. The Hall–Kier alpha value is -0.910. The molecule has 1 aromatic heterocycles. The van der Waals surface area contributed by atoms with Crippen LogP contribution in [0, 0.1) is 0 Å². The molecule has 0 amide bonds. The molecule has 0 aliphatic rings. The number of benzene rings is 1. The first kappa shape index (κ1) is 12.5. The molecular formula is C11H11BrClN3O. The minimum absolute atomic E-state index is 0.528. The number of aromatic nitrogens is 3. The third kappa shape index (κ3) is 2.22. The van der Waals surface area contributed by atoms with Crippen molar-refractivity contribution in [3.63, 3.8) is 0 Å². The molecule has 1 heterocycles. The van der Waals surface area contributed by atoms with Crippen LogP contribution in [-0.2, 0) is 12.6 Å². The first-order chi connectivity index (χ1) is 7.93. The molecule has 2 aromatic rings. The van der Waals surface area contributed by atoms with Gasteiger partial charge in [-0.05, 0) is 40.5 Å². The lowest BCUT2D eigenvalue weighted by molar-refractivity contribution is 0.0921. The van der Waals surface area contributed by atoms with Crippen molar-refractivity contribution in [2.75, 3.05) is 0 Å². The number of aryl methyl sites for hydroxylation is 1. The minimum Gasteiger partial charge on any atom is -0.379 e. The molecule has 1 atom stereocenters. The lowest BCUT2D eigenvalue weighted by Crippen LogP contribution is -2.26. The topological polar surface area (TPSA) is 50.9 Å². The molecule has 0 aliphatic carbocycles. The molecule has 0 fully saturated rings. The smallest absolute Gasteiger partial charge is 0.154 e. The molecule has 4 nitrogen and oxygen atoms in total. The largest absolute Gasteiger partial charge is 0.379 e. The fourth-order valence-electron chi connectivity index (χ4n) is 1.76. The van der Waals surface area contributed by atoms with Gasteiger partial charge in [0, 0.05) is 12.1 Å². The summed E-state index contributed by atoms with van der Waals surface area (Å²) in [6.07, 6.45) is 0. The molecule has 17 heavy (non-hydrogen) atoms. The lowest BCUT2D eigenvalue weighted by Gasteiger charge is -2.24. The summed E-state index contributed by atoms with van der Waals surface area (Å²) in [5, 5.41) is 19.0. The predicted octanol–water partition coefficient (Wildman–Crippen LogP) is 2.49. The van der Waals surface area contributed by atoms with Crippen molar-refractivity contribution in [1.82, 2.24) is 15.0 Å². The van der Waals surface area contributed by atoms with E-state index < -0.39 is 5.60 Å². The van der Waals surface area contributed by atoms with Gasteiger partial charge in [-0.25, -0.2) is 4.68 Å². The Bertz CT molecular complexity index is 517. The van der Waals surface area contributed by atoms with Gasteiger partial charge in [-0.3, -0.25) is 0 Å². The number of nitrogens with zero attached hydrogens (tertiary/aromatic N) is 3. The second kappa shape index (κ2) is 4.40. The summed E-state index contributed by atoms with van der Waals surface area (Å²) in [7, 11) is 1.73. The summed E-state index contributed by atoms with van der Waals surface area (Å²) in [5.74, 6) is 0. The van der Waals surface area contributed by atoms with Crippen LogP contribution in [-0.4, -0.2) is 20.1 Å². The fourth-order valence-corrected chi connectivity index (χ4v) is 2.60. The highest BCUT2D eigenvalue weighted by Gasteiger charge is 2.32. The van der Waals surface area contributed by atoms with Crippen LogP contribution in [0.5, 0.6) is 0 Å². The molecule has 0 spiro atoms. The van der Waals surface area contributed by atoms with Crippen molar-refractivity contribution in [2.24, 2.45) is 7.05 Å². The van der Waals surface area contributed by atoms with Crippen LogP contribution in [0.4, 0.5) is 0 Å². The summed E-state index contributed by atoms with van der Waals surface area (Å²) in [5.41, 5.74) is 0.148. The first-order valence-corrected chi connectivity index (χ1v) is 6.14. The van der Waals surface area contributed by atoms with Crippen LogP contribution in [0.15, 0.2) is 28.9 Å². The van der Waals surface area contributed by atoms with E-state index >= 15 is 0 Å². The van der Waals surface area contributed by atoms with Gasteiger partial charge >= 0.3 is 0 Å². The van der Waals surface area contributed by atoms with Gasteiger partial charge in [-0.2, -0.15) is 0 Å². The van der Waals surface area contributed by atoms with E-state index in [0.717, 1.165) is 5.56 Å². The van der Waals surface area contributed by atoms with Gasteiger partial charge < -0.3 is 5.11 Å². The van der Waals surface area contributed by atoms with E-state index in [0.29, 0.717) is 15.3 Å². The maximum atomic E-state index is 10.6. The number of hydrogen-bond acceptors (Lipinski definition) is 3. The molecule has 1 aromatic carbocycles. The average molecular weight is 317 g/mol. The van der Waals surface area contributed by atoms with Gasteiger partial charge in [0.25, 0.3) is 0 Å². The second-order valence-corrected chi connectivity index (χ2v) is 5.12. The van der Waals surface area contributed by atoms with Crippen LogP contribution in [0.25, 0.3) is 0 Å². The molecule has 1 N–H and O–H groups in total. The van der Waals surface area contributed by atoms with Crippen molar-refractivity contribution in [3.05, 3.63) is 45.1 Å². The SMILES string of the molecule is Cn1nnc(Br)c1C(C)(O)c1ccc(Cl)cc1.